The van der Waals surface area contributed by atoms with E-state index >= 15 is 0 Å². The molecule has 132 valence electrons. The van der Waals surface area contributed by atoms with Gasteiger partial charge in [-0.2, -0.15) is 5.10 Å². The Balaban J connectivity index is 1.46. The molecule has 27 heavy (non-hydrogen) atoms. The first kappa shape index (κ1) is 15.6. The highest BCUT2D eigenvalue weighted by atomic mass is 16.5. The van der Waals surface area contributed by atoms with Crippen LogP contribution in [-0.2, 0) is 11.3 Å². The summed E-state index contributed by atoms with van der Waals surface area (Å²) in [7, 11) is 0. The highest BCUT2D eigenvalue weighted by Crippen LogP contribution is 2.43. The van der Waals surface area contributed by atoms with Crippen molar-refractivity contribution in [1.82, 2.24) is 14.9 Å². The molecule has 0 atom stereocenters. The Kier molecular flexibility index (Phi) is 3.64. The maximum Gasteiger partial charge on any atom is 0.232 e. The number of hydrogen-bond acceptors (Lipinski definition) is 3. The van der Waals surface area contributed by atoms with Gasteiger partial charge in [0.05, 0.1) is 17.6 Å². The molecule has 0 bridgehead atoms. The number of amides is 1. The highest BCUT2D eigenvalue weighted by Gasteiger charge is 2.32. The van der Waals surface area contributed by atoms with Gasteiger partial charge in [0, 0.05) is 29.4 Å². The summed E-state index contributed by atoms with van der Waals surface area (Å²) < 4.78 is 7.78. The lowest BCUT2D eigenvalue weighted by atomic mass is 9.87. The molecule has 0 saturated carbocycles. The molecule has 1 amide bonds. The lowest BCUT2D eigenvalue weighted by Gasteiger charge is -2.27. The number of carbonyl (C=O) groups is 1. The summed E-state index contributed by atoms with van der Waals surface area (Å²) in [6.07, 6.45) is 3.69. The predicted molar refractivity (Wildman–Crippen MR) is 102 cm³/mol. The zero-order valence-electron chi connectivity index (χ0n) is 14.5. The van der Waals surface area contributed by atoms with Gasteiger partial charge in [0.15, 0.2) is 0 Å². The Bertz CT molecular complexity index is 1100. The standard InChI is InChI=1S/C22H17N3O2/c26-22(23-13-15-14-24-25-12-6-5-9-18(15)25)21-16-7-1-3-10-19(16)27-20-11-4-2-8-17(20)21/h1-12,14,21H,13H2,(H,23,26). The van der Waals surface area contributed by atoms with Crippen LogP contribution in [0.15, 0.2) is 79.1 Å². The molecule has 5 rings (SSSR count). The molecule has 5 nitrogen and oxygen atoms in total. The van der Waals surface area contributed by atoms with Gasteiger partial charge in [0.25, 0.3) is 0 Å². The van der Waals surface area contributed by atoms with Gasteiger partial charge < -0.3 is 10.1 Å². The zero-order valence-corrected chi connectivity index (χ0v) is 14.5. The average molecular weight is 355 g/mol. The summed E-state index contributed by atoms with van der Waals surface area (Å²) in [5, 5.41) is 7.41. The van der Waals surface area contributed by atoms with Crippen molar-refractivity contribution >= 4 is 11.4 Å². The van der Waals surface area contributed by atoms with Gasteiger partial charge in [-0.15, -0.1) is 0 Å². The molecule has 5 heteroatoms. The molecule has 2 aromatic heterocycles. The summed E-state index contributed by atoms with van der Waals surface area (Å²) in [5.74, 6) is 1.01. The smallest absolute Gasteiger partial charge is 0.232 e. The molecule has 0 unspecified atom stereocenters. The van der Waals surface area contributed by atoms with E-state index in [9.17, 15) is 4.79 Å². The topological polar surface area (TPSA) is 55.6 Å². The summed E-state index contributed by atoms with van der Waals surface area (Å²) in [6.45, 7) is 0.425. The normalized spacial score (nSPS) is 12.9. The number of hydrogen-bond donors (Lipinski definition) is 1. The van der Waals surface area contributed by atoms with E-state index < -0.39 is 5.92 Å². The maximum atomic E-state index is 13.2. The van der Waals surface area contributed by atoms with Crippen molar-refractivity contribution in [2.75, 3.05) is 0 Å². The van der Waals surface area contributed by atoms with Crippen LogP contribution in [0, 0.1) is 0 Å². The van der Waals surface area contributed by atoms with E-state index in [2.05, 4.69) is 10.4 Å². The molecule has 2 aromatic carbocycles. The molecular formula is C22H17N3O2. The second kappa shape index (κ2) is 6.29. The Labute approximate surface area is 156 Å². The van der Waals surface area contributed by atoms with Crippen molar-refractivity contribution in [3.63, 3.8) is 0 Å². The lowest BCUT2D eigenvalue weighted by molar-refractivity contribution is -0.122. The van der Waals surface area contributed by atoms with Crippen molar-refractivity contribution in [1.29, 1.82) is 0 Å². The molecule has 0 saturated heterocycles. The molecule has 0 radical (unpaired) electrons. The van der Waals surface area contributed by atoms with E-state index in [-0.39, 0.29) is 5.91 Å². The van der Waals surface area contributed by atoms with Crippen LogP contribution in [-0.4, -0.2) is 15.5 Å². The monoisotopic (exact) mass is 355 g/mol. The van der Waals surface area contributed by atoms with Gasteiger partial charge in [0.2, 0.25) is 5.91 Å². The first-order chi connectivity index (χ1) is 13.3. The minimum atomic E-state index is -0.395. The van der Waals surface area contributed by atoms with Gasteiger partial charge in [-0.3, -0.25) is 4.79 Å². The second-order valence-corrected chi connectivity index (χ2v) is 6.53. The van der Waals surface area contributed by atoms with Gasteiger partial charge in [-0.05, 0) is 24.3 Å². The Morgan fingerprint density at radius 2 is 1.63 bits per heavy atom. The highest BCUT2D eigenvalue weighted by molar-refractivity contribution is 5.89. The Morgan fingerprint density at radius 3 is 2.37 bits per heavy atom. The van der Waals surface area contributed by atoms with Gasteiger partial charge in [-0.25, -0.2) is 4.52 Å². The van der Waals surface area contributed by atoms with E-state index in [1.807, 2.05) is 72.9 Å². The number of nitrogens with zero attached hydrogens (tertiary/aromatic N) is 2. The zero-order chi connectivity index (χ0) is 18.2. The molecule has 0 aliphatic carbocycles. The van der Waals surface area contributed by atoms with E-state index in [1.165, 1.54) is 0 Å². The molecule has 0 fully saturated rings. The predicted octanol–water partition coefficient (Wildman–Crippen LogP) is 3.89. The number of para-hydroxylation sites is 2. The minimum Gasteiger partial charge on any atom is -0.457 e. The summed E-state index contributed by atoms with van der Waals surface area (Å²) in [6, 6.07) is 21.3. The molecule has 3 heterocycles. The van der Waals surface area contributed by atoms with E-state index in [0.29, 0.717) is 6.54 Å². The molecular weight excluding hydrogens is 338 g/mol. The Morgan fingerprint density at radius 1 is 0.963 bits per heavy atom. The third-order valence-electron chi connectivity index (χ3n) is 4.90. The van der Waals surface area contributed by atoms with Crippen LogP contribution in [0.25, 0.3) is 5.52 Å². The second-order valence-electron chi connectivity index (χ2n) is 6.53. The van der Waals surface area contributed by atoms with Crippen LogP contribution in [0.5, 0.6) is 11.5 Å². The van der Waals surface area contributed by atoms with Gasteiger partial charge in [0.1, 0.15) is 11.5 Å². The molecule has 1 aliphatic rings. The number of fused-ring (bicyclic) bond motifs is 3. The van der Waals surface area contributed by atoms with Crippen LogP contribution >= 0.6 is 0 Å². The van der Waals surface area contributed by atoms with E-state index in [1.54, 1.807) is 10.7 Å². The van der Waals surface area contributed by atoms with Crippen LogP contribution < -0.4 is 10.1 Å². The average Bonchev–Trinajstić information content (AvgIpc) is 3.13. The molecule has 0 spiro atoms. The summed E-state index contributed by atoms with van der Waals surface area (Å²) in [5.41, 5.74) is 3.74. The number of aromatic nitrogens is 2. The van der Waals surface area contributed by atoms with Crippen molar-refractivity contribution in [3.8, 4) is 11.5 Å². The summed E-state index contributed by atoms with van der Waals surface area (Å²) >= 11 is 0. The fourth-order valence-corrected chi connectivity index (χ4v) is 3.60. The number of ether oxygens (including phenoxy) is 1. The van der Waals surface area contributed by atoms with Crippen LogP contribution in [0.3, 0.4) is 0 Å². The largest absolute Gasteiger partial charge is 0.457 e. The Hall–Kier alpha value is -3.60. The quantitative estimate of drug-likeness (QED) is 0.607. The lowest BCUT2D eigenvalue weighted by Crippen LogP contribution is -2.31. The van der Waals surface area contributed by atoms with Gasteiger partial charge in [-0.1, -0.05) is 42.5 Å². The fraction of sp³-hybridized carbons (Fsp3) is 0.0909. The number of pyridine rings is 1. The molecule has 1 aliphatic heterocycles. The molecule has 1 N–H and O–H groups in total. The van der Waals surface area contributed by atoms with E-state index in [0.717, 1.165) is 33.7 Å². The first-order valence-corrected chi connectivity index (χ1v) is 8.86. The third kappa shape index (κ3) is 2.64. The number of carbonyl (C=O) groups excluding carboxylic acids is 1. The fourth-order valence-electron chi connectivity index (χ4n) is 3.60. The number of nitrogens with one attached hydrogen (secondary N) is 1. The van der Waals surface area contributed by atoms with Crippen molar-refractivity contribution in [3.05, 3.63) is 95.8 Å². The number of benzene rings is 2. The minimum absolute atomic E-state index is 0.0477. The van der Waals surface area contributed by atoms with Crippen molar-refractivity contribution in [2.45, 2.75) is 12.5 Å². The first-order valence-electron chi connectivity index (χ1n) is 8.86. The third-order valence-corrected chi connectivity index (χ3v) is 4.90. The van der Waals surface area contributed by atoms with E-state index in [4.69, 9.17) is 4.74 Å². The van der Waals surface area contributed by atoms with Crippen LogP contribution in [0.1, 0.15) is 22.6 Å². The van der Waals surface area contributed by atoms with Crippen LogP contribution in [0.2, 0.25) is 0 Å². The molecule has 4 aromatic rings. The summed E-state index contributed by atoms with van der Waals surface area (Å²) in [4.78, 5) is 13.2. The van der Waals surface area contributed by atoms with Crippen molar-refractivity contribution in [2.24, 2.45) is 0 Å². The maximum absolute atomic E-state index is 13.2. The SMILES string of the molecule is O=C(NCc1cnn2ccccc12)C1c2ccccc2Oc2ccccc21. The number of rotatable bonds is 3. The van der Waals surface area contributed by atoms with Crippen LogP contribution in [0.4, 0.5) is 0 Å². The van der Waals surface area contributed by atoms with Gasteiger partial charge >= 0.3 is 0 Å². The van der Waals surface area contributed by atoms with Crippen molar-refractivity contribution < 1.29 is 9.53 Å².